The number of hydrogen-bond donors (Lipinski definition) is 1. The van der Waals surface area contributed by atoms with Gasteiger partial charge in [-0.25, -0.2) is 0 Å². The minimum atomic E-state index is 0.114. The first kappa shape index (κ1) is 9.99. The Morgan fingerprint density at radius 3 is 2.77 bits per heavy atom. The molecule has 0 atom stereocenters. The van der Waals surface area contributed by atoms with Crippen LogP contribution in [0.3, 0.4) is 0 Å². The van der Waals surface area contributed by atoms with E-state index < -0.39 is 0 Å². The monoisotopic (exact) mass is 180 g/mol. The molecule has 0 radical (unpaired) electrons. The quantitative estimate of drug-likeness (QED) is 0.764. The summed E-state index contributed by atoms with van der Waals surface area (Å²) in [5.74, 6) is 0.375. The van der Waals surface area contributed by atoms with E-state index in [-0.39, 0.29) is 6.61 Å². The molecule has 1 rings (SSSR count). The molecule has 3 heteroatoms. The highest BCUT2D eigenvalue weighted by molar-refractivity contribution is 5.49. The summed E-state index contributed by atoms with van der Waals surface area (Å²) in [7, 11) is 1.89. The molecule has 72 valence electrons. The molecule has 13 heavy (non-hydrogen) atoms. The van der Waals surface area contributed by atoms with Crippen LogP contribution in [-0.4, -0.2) is 21.5 Å². The van der Waals surface area contributed by atoms with Gasteiger partial charge in [0.1, 0.15) is 0 Å². The SMILES string of the molecule is CC(C)C(=Cc1ccnn1C)CO. The van der Waals surface area contributed by atoms with Crippen molar-refractivity contribution >= 4 is 6.08 Å². The van der Waals surface area contributed by atoms with Gasteiger partial charge in [0.05, 0.1) is 12.3 Å². The van der Waals surface area contributed by atoms with Gasteiger partial charge in [-0.15, -0.1) is 0 Å². The van der Waals surface area contributed by atoms with E-state index in [0.717, 1.165) is 11.3 Å². The molecule has 3 nitrogen and oxygen atoms in total. The highest BCUT2D eigenvalue weighted by atomic mass is 16.3. The predicted octanol–water partition coefficient (Wildman–Crippen LogP) is 1.45. The van der Waals surface area contributed by atoms with Gasteiger partial charge in [-0.05, 0) is 23.6 Å². The molecule has 0 spiro atoms. The molecule has 0 saturated heterocycles. The fourth-order valence-corrected chi connectivity index (χ4v) is 1.11. The standard InChI is InChI=1S/C10H16N2O/c1-8(2)9(7-13)6-10-4-5-11-12(10)3/h4-6,8,13H,7H2,1-3H3. The van der Waals surface area contributed by atoms with Crippen molar-refractivity contribution in [2.24, 2.45) is 13.0 Å². The lowest BCUT2D eigenvalue weighted by Gasteiger charge is -2.07. The number of rotatable bonds is 3. The molecule has 1 N–H and O–H groups in total. The summed E-state index contributed by atoms with van der Waals surface area (Å²) in [5, 5.41) is 13.1. The summed E-state index contributed by atoms with van der Waals surface area (Å²) in [6, 6.07) is 1.93. The number of aromatic nitrogens is 2. The van der Waals surface area contributed by atoms with E-state index in [2.05, 4.69) is 18.9 Å². The molecule has 0 amide bonds. The van der Waals surface area contributed by atoms with Crippen molar-refractivity contribution in [3.8, 4) is 0 Å². The molecule has 0 aromatic carbocycles. The molecule has 0 bridgehead atoms. The van der Waals surface area contributed by atoms with Crippen LogP contribution in [0.4, 0.5) is 0 Å². The van der Waals surface area contributed by atoms with Gasteiger partial charge in [0.2, 0.25) is 0 Å². The van der Waals surface area contributed by atoms with Gasteiger partial charge in [-0.1, -0.05) is 13.8 Å². The zero-order valence-corrected chi connectivity index (χ0v) is 8.36. The van der Waals surface area contributed by atoms with Gasteiger partial charge in [0.15, 0.2) is 0 Å². The number of aliphatic hydroxyl groups is 1. The van der Waals surface area contributed by atoms with E-state index in [1.54, 1.807) is 10.9 Å². The fourth-order valence-electron chi connectivity index (χ4n) is 1.11. The zero-order chi connectivity index (χ0) is 9.84. The summed E-state index contributed by atoms with van der Waals surface area (Å²) in [4.78, 5) is 0. The Bertz CT molecular complexity index is 300. The van der Waals surface area contributed by atoms with Crippen LogP contribution in [0, 0.1) is 5.92 Å². The van der Waals surface area contributed by atoms with Crippen molar-refractivity contribution < 1.29 is 5.11 Å². The van der Waals surface area contributed by atoms with Crippen LogP contribution >= 0.6 is 0 Å². The summed E-state index contributed by atoms with van der Waals surface area (Å²) >= 11 is 0. The normalized spacial score (nSPS) is 12.5. The smallest absolute Gasteiger partial charge is 0.0648 e. The lowest BCUT2D eigenvalue weighted by atomic mass is 10.0. The number of hydrogen-bond acceptors (Lipinski definition) is 2. The Kier molecular flexibility index (Phi) is 3.25. The molecular weight excluding hydrogens is 164 g/mol. The Morgan fingerprint density at radius 2 is 2.38 bits per heavy atom. The molecule has 0 aliphatic rings. The second kappa shape index (κ2) is 4.23. The third-order valence-electron chi connectivity index (χ3n) is 2.12. The molecule has 1 aromatic heterocycles. The molecular formula is C10H16N2O. The van der Waals surface area contributed by atoms with E-state index >= 15 is 0 Å². The zero-order valence-electron chi connectivity index (χ0n) is 8.36. The van der Waals surface area contributed by atoms with E-state index in [0.29, 0.717) is 5.92 Å². The minimum Gasteiger partial charge on any atom is -0.392 e. The van der Waals surface area contributed by atoms with Crippen LogP contribution in [0.25, 0.3) is 6.08 Å². The lowest BCUT2D eigenvalue weighted by Crippen LogP contribution is -2.01. The second-order valence-corrected chi connectivity index (χ2v) is 3.41. The first-order valence-electron chi connectivity index (χ1n) is 4.44. The fraction of sp³-hybridized carbons (Fsp3) is 0.500. The highest BCUT2D eigenvalue weighted by Gasteiger charge is 2.03. The number of aliphatic hydroxyl groups excluding tert-OH is 1. The second-order valence-electron chi connectivity index (χ2n) is 3.41. The van der Waals surface area contributed by atoms with Crippen LogP contribution in [0.15, 0.2) is 17.8 Å². The highest BCUT2D eigenvalue weighted by Crippen LogP contribution is 2.13. The average molecular weight is 180 g/mol. The van der Waals surface area contributed by atoms with E-state index in [1.807, 2.05) is 19.2 Å². The Labute approximate surface area is 78.7 Å². The Morgan fingerprint density at radius 1 is 1.69 bits per heavy atom. The van der Waals surface area contributed by atoms with E-state index in [9.17, 15) is 0 Å². The van der Waals surface area contributed by atoms with Gasteiger partial charge in [0, 0.05) is 13.2 Å². The van der Waals surface area contributed by atoms with Crippen molar-refractivity contribution in [2.45, 2.75) is 13.8 Å². The molecule has 0 aliphatic carbocycles. The van der Waals surface area contributed by atoms with Crippen molar-refractivity contribution in [1.82, 2.24) is 9.78 Å². The van der Waals surface area contributed by atoms with Crippen LogP contribution in [0.1, 0.15) is 19.5 Å². The van der Waals surface area contributed by atoms with Gasteiger partial charge in [-0.3, -0.25) is 4.68 Å². The van der Waals surface area contributed by atoms with E-state index in [1.165, 1.54) is 0 Å². The van der Waals surface area contributed by atoms with Crippen molar-refractivity contribution in [3.05, 3.63) is 23.5 Å². The van der Waals surface area contributed by atoms with Gasteiger partial charge >= 0.3 is 0 Å². The van der Waals surface area contributed by atoms with Crippen molar-refractivity contribution in [3.63, 3.8) is 0 Å². The van der Waals surface area contributed by atoms with Crippen molar-refractivity contribution in [2.75, 3.05) is 6.61 Å². The maximum atomic E-state index is 9.09. The van der Waals surface area contributed by atoms with Gasteiger partial charge in [-0.2, -0.15) is 5.10 Å². The molecule has 0 aliphatic heterocycles. The third-order valence-corrected chi connectivity index (χ3v) is 2.12. The van der Waals surface area contributed by atoms with Crippen LogP contribution in [0.2, 0.25) is 0 Å². The molecule has 0 unspecified atom stereocenters. The number of nitrogens with zero attached hydrogens (tertiary/aromatic N) is 2. The largest absolute Gasteiger partial charge is 0.392 e. The Balaban J connectivity index is 2.91. The minimum absolute atomic E-state index is 0.114. The number of aryl methyl sites for hydroxylation is 1. The van der Waals surface area contributed by atoms with Gasteiger partial charge < -0.3 is 5.11 Å². The molecule has 0 saturated carbocycles. The first-order valence-corrected chi connectivity index (χ1v) is 4.44. The summed E-state index contributed by atoms with van der Waals surface area (Å²) in [6.45, 7) is 4.25. The third kappa shape index (κ3) is 2.42. The lowest BCUT2D eigenvalue weighted by molar-refractivity contribution is 0.320. The van der Waals surface area contributed by atoms with Crippen LogP contribution in [0.5, 0.6) is 0 Å². The molecule has 0 fully saturated rings. The topological polar surface area (TPSA) is 38.0 Å². The summed E-state index contributed by atoms with van der Waals surface area (Å²) < 4.78 is 1.79. The predicted molar refractivity (Wildman–Crippen MR) is 53.1 cm³/mol. The Hall–Kier alpha value is -1.09. The average Bonchev–Trinajstić information content (AvgIpc) is 2.46. The summed E-state index contributed by atoms with van der Waals surface area (Å²) in [6.07, 6.45) is 3.73. The maximum Gasteiger partial charge on any atom is 0.0648 e. The maximum absolute atomic E-state index is 9.09. The molecule has 1 heterocycles. The van der Waals surface area contributed by atoms with Crippen LogP contribution < -0.4 is 0 Å². The van der Waals surface area contributed by atoms with Crippen molar-refractivity contribution in [1.29, 1.82) is 0 Å². The van der Waals surface area contributed by atoms with Crippen LogP contribution in [-0.2, 0) is 7.05 Å². The molecule has 1 aromatic rings. The van der Waals surface area contributed by atoms with Gasteiger partial charge in [0.25, 0.3) is 0 Å². The first-order chi connectivity index (χ1) is 6.15. The summed E-state index contributed by atoms with van der Waals surface area (Å²) in [5.41, 5.74) is 2.06. The van der Waals surface area contributed by atoms with E-state index in [4.69, 9.17) is 5.11 Å².